The normalized spacial score (nSPS) is 11.1. The van der Waals surface area contributed by atoms with Crippen LogP contribution in [-0.4, -0.2) is 16.7 Å². The van der Waals surface area contributed by atoms with Crippen LogP contribution in [0.2, 0.25) is 0 Å². The maximum absolute atomic E-state index is 5.87. The highest BCUT2D eigenvalue weighted by Crippen LogP contribution is 2.21. The fourth-order valence-electron chi connectivity index (χ4n) is 1.76. The van der Waals surface area contributed by atoms with Crippen molar-refractivity contribution >= 4 is 16.7 Å². The van der Waals surface area contributed by atoms with E-state index in [1.165, 1.54) is 0 Å². The Morgan fingerprint density at radius 2 is 2.27 bits per heavy atom. The summed E-state index contributed by atoms with van der Waals surface area (Å²) in [6.07, 6.45) is 0.872. The number of imidazole rings is 1. The van der Waals surface area contributed by atoms with E-state index in [2.05, 4.69) is 11.9 Å². The number of fused-ring (bicyclic) bond motifs is 1. The maximum Gasteiger partial charge on any atom is 0.124 e. The summed E-state index contributed by atoms with van der Waals surface area (Å²) in [5.74, 6) is 1.00. The second-order valence-electron chi connectivity index (χ2n) is 3.44. The molecule has 4 nitrogen and oxygen atoms in total. The SMILES string of the molecule is CCc1nc2c(N)cccc2n1COC. The van der Waals surface area contributed by atoms with Crippen LogP contribution in [0, 0.1) is 0 Å². The minimum absolute atomic E-state index is 0.517. The van der Waals surface area contributed by atoms with Gasteiger partial charge in [-0.2, -0.15) is 0 Å². The third kappa shape index (κ3) is 1.57. The zero-order valence-electron chi connectivity index (χ0n) is 9.03. The van der Waals surface area contributed by atoms with Crippen molar-refractivity contribution in [1.82, 2.24) is 9.55 Å². The van der Waals surface area contributed by atoms with Gasteiger partial charge >= 0.3 is 0 Å². The van der Waals surface area contributed by atoms with Gasteiger partial charge in [-0.3, -0.25) is 0 Å². The summed E-state index contributed by atoms with van der Waals surface area (Å²) >= 11 is 0. The minimum atomic E-state index is 0.517. The van der Waals surface area contributed by atoms with E-state index < -0.39 is 0 Å². The van der Waals surface area contributed by atoms with Gasteiger partial charge in [0, 0.05) is 13.5 Å². The number of nitrogens with two attached hydrogens (primary N) is 1. The number of rotatable bonds is 3. The third-order valence-electron chi connectivity index (χ3n) is 2.46. The maximum atomic E-state index is 5.87. The molecule has 1 aromatic heterocycles. The number of ether oxygens (including phenoxy) is 1. The molecule has 0 amide bonds. The lowest BCUT2D eigenvalue weighted by atomic mass is 10.3. The molecule has 2 rings (SSSR count). The molecule has 0 saturated heterocycles. The van der Waals surface area contributed by atoms with Gasteiger partial charge in [0.1, 0.15) is 18.1 Å². The topological polar surface area (TPSA) is 53.1 Å². The highest BCUT2D eigenvalue weighted by atomic mass is 16.5. The van der Waals surface area contributed by atoms with Gasteiger partial charge in [0.25, 0.3) is 0 Å². The van der Waals surface area contributed by atoms with E-state index in [9.17, 15) is 0 Å². The van der Waals surface area contributed by atoms with Crippen molar-refractivity contribution in [3.05, 3.63) is 24.0 Å². The molecule has 0 aliphatic heterocycles. The summed E-state index contributed by atoms with van der Waals surface area (Å²) in [6, 6.07) is 5.81. The number of anilines is 1. The molecule has 0 radical (unpaired) electrons. The van der Waals surface area contributed by atoms with Crippen molar-refractivity contribution in [2.45, 2.75) is 20.1 Å². The third-order valence-corrected chi connectivity index (χ3v) is 2.46. The summed E-state index contributed by atoms with van der Waals surface area (Å²) in [5, 5.41) is 0. The number of nitrogen functional groups attached to an aromatic ring is 1. The van der Waals surface area contributed by atoms with Gasteiger partial charge in [0.2, 0.25) is 0 Å². The number of aromatic nitrogens is 2. The van der Waals surface area contributed by atoms with E-state index in [0.717, 1.165) is 29.0 Å². The van der Waals surface area contributed by atoms with Crippen molar-refractivity contribution in [3.63, 3.8) is 0 Å². The summed E-state index contributed by atoms with van der Waals surface area (Å²) in [5.41, 5.74) is 8.50. The van der Waals surface area contributed by atoms with Crippen LogP contribution in [0.1, 0.15) is 12.7 Å². The van der Waals surface area contributed by atoms with Crippen molar-refractivity contribution < 1.29 is 4.74 Å². The highest BCUT2D eigenvalue weighted by molar-refractivity contribution is 5.87. The first-order valence-corrected chi connectivity index (χ1v) is 5.00. The first kappa shape index (κ1) is 9.98. The number of hydrogen-bond acceptors (Lipinski definition) is 3. The average Bonchev–Trinajstić information content (AvgIpc) is 2.59. The van der Waals surface area contributed by atoms with Crippen LogP contribution in [0.25, 0.3) is 11.0 Å². The molecule has 80 valence electrons. The second kappa shape index (κ2) is 3.90. The second-order valence-corrected chi connectivity index (χ2v) is 3.44. The van der Waals surface area contributed by atoms with E-state index in [1.54, 1.807) is 7.11 Å². The predicted octanol–water partition coefficient (Wildman–Crippen LogP) is 1.78. The van der Waals surface area contributed by atoms with Gasteiger partial charge in [-0.1, -0.05) is 13.0 Å². The van der Waals surface area contributed by atoms with E-state index in [4.69, 9.17) is 10.5 Å². The van der Waals surface area contributed by atoms with Crippen molar-refractivity contribution in [2.24, 2.45) is 0 Å². The molecule has 0 aliphatic carbocycles. The Kier molecular flexibility index (Phi) is 2.60. The highest BCUT2D eigenvalue weighted by Gasteiger charge is 2.10. The summed E-state index contributed by atoms with van der Waals surface area (Å²) < 4.78 is 7.21. The van der Waals surface area contributed by atoms with Gasteiger partial charge < -0.3 is 15.0 Å². The number of nitrogens with zero attached hydrogens (tertiary/aromatic N) is 2. The number of aryl methyl sites for hydroxylation is 1. The molecule has 0 bridgehead atoms. The molecular formula is C11H15N3O. The van der Waals surface area contributed by atoms with Crippen LogP contribution in [-0.2, 0) is 17.9 Å². The van der Waals surface area contributed by atoms with Crippen LogP contribution in [0.4, 0.5) is 5.69 Å². The van der Waals surface area contributed by atoms with Crippen molar-refractivity contribution in [2.75, 3.05) is 12.8 Å². The number of benzene rings is 1. The zero-order valence-corrected chi connectivity index (χ0v) is 9.03. The molecular weight excluding hydrogens is 190 g/mol. The minimum Gasteiger partial charge on any atom is -0.397 e. The standard InChI is InChI=1S/C11H15N3O/c1-3-10-13-11-8(12)5-4-6-9(11)14(10)7-15-2/h4-6H,3,7,12H2,1-2H3. The van der Waals surface area contributed by atoms with Gasteiger partial charge in [0.15, 0.2) is 0 Å². The van der Waals surface area contributed by atoms with E-state index >= 15 is 0 Å². The molecule has 0 unspecified atom stereocenters. The Labute approximate surface area is 88.7 Å². The molecule has 0 spiro atoms. The van der Waals surface area contributed by atoms with Crippen LogP contribution >= 0.6 is 0 Å². The fraction of sp³-hybridized carbons (Fsp3) is 0.364. The van der Waals surface area contributed by atoms with Crippen LogP contribution in [0.3, 0.4) is 0 Å². The largest absolute Gasteiger partial charge is 0.397 e. The smallest absolute Gasteiger partial charge is 0.124 e. The first-order valence-electron chi connectivity index (χ1n) is 5.00. The molecule has 4 heteroatoms. The molecule has 1 aromatic carbocycles. The monoisotopic (exact) mass is 205 g/mol. The Morgan fingerprint density at radius 3 is 2.93 bits per heavy atom. The lowest BCUT2D eigenvalue weighted by molar-refractivity contribution is 0.132. The fourth-order valence-corrected chi connectivity index (χ4v) is 1.76. The number of methoxy groups -OCH3 is 1. The predicted molar refractivity (Wildman–Crippen MR) is 60.5 cm³/mol. The number of hydrogen-bond donors (Lipinski definition) is 1. The van der Waals surface area contributed by atoms with Crippen molar-refractivity contribution in [3.8, 4) is 0 Å². The molecule has 1 heterocycles. The Morgan fingerprint density at radius 1 is 1.47 bits per heavy atom. The van der Waals surface area contributed by atoms with Crippen LogP contribution in [0.15, 0.2) is 18.2 Å². The van der Waals surface area contributed by atoms with Gasteiger partial charge in [0.05, 0.1) is 11.2 Å². The first-order chi connectivity index (χ1) is 7.27. The Balaban J connectivity index is 2.68. The number of para-hydroxylation sites is 1. The molecule has 0 atom stereocenters. The van der Waals surface area contributed by atoms with Gasteiger partial charge in [-0.15, -0.1) is 0 Å². The van der Waals surface area contributed by atoms with Crippen molar-refractivity contribution in [1.29, 1.82) is 0 Å². The average molecular weight is 205 g/mol. The van der Waals surface area contributed by atoms with Crippen LogP contribution < -0.4 is 5.73 Å². The molecule has 15 heavy (non-hydrogen) atoms. The molecule has 0 aliphatic rings. The lowest BCUT2D eigenvalue weighted by Crippen LogP contribution is -2.04. The summed E-state index contributed by atoms with van der Waals surface area (Å²) in [4.78, 5) is 4.51. The Hall–Kier alpha value is -1.55. The van der Waals surface area contributed by atoms with E-state index in [1.807, 2.05) is 22.8 Å². The molecule has 2 N–H and O–H groups in total. The lowest BCUT2D eigenvalue weighted by Gasteiger charge is -2.05. The Bertz CT molecular complexity index is 476. The van der Waals surface area contributed by atoms with Gasteiger partial charge in [-0.05, 0) is 12.1 Å². The summed E-state index contributed by atoms with van der Waals surface area (Å²) in [7, 11) is 1.68. The summed E-state index contributed by atoms with van der Waals surface area (Å²) in [6.45, 7) is 2.59. The molecule has 0 saturated carbocycles. The van der Waals surface area contributed by atoms with E-state index in [0.29, 0.717) is 6.73 Å². The molecule has 0 fully saturated rings. The van der Waals surface area contributed by atoms with Gasteiger partial charge in [-0.25, -0.2) is 4.98 Å². The molecule has 2 aromatic rings. The van der Waals surface area contributed by atoms with E-state index in [-0.39, 0.29) is 0 Å². The quantitative estimate of drug-likeness (QED) is 0.777. The van der Waals surface area contributed by atoms with Crippen LogP contribution in [0.5, 0.6) is 0 Å². The zero-order chi connectivity index (χ0) is 10.8.